The summed E-state index contributed by atoms with van der Waals surface area (Å²) in [7, 11) is 1.67. The Labute approximate surface area is 125 Å². The van der Waals surface area contributed by atoms with Crippen molar-refractivity contribution >= 4 is 5.78 Å². The second-order valence-electron chi connectivity index (χ2n) is 5.64. The number of hydrogen-bond acceptors (Lipinski definition) is 2. The fourth-order valence-corrected chi connectivity index (χ4v) is 2.84. The van der Waals surface area contributed by atoms with Gasteiger partial charge in [0.25, 0.3) is 0 Å². The Morgan fingerprint density at radius 2 is 1.95 bits per heavy atom. The first-order chi connectivity index (χ1) is 10.2. The molecule has 1 aliphatic carbocycles. The van der Waals surface area contributed by atoms with E-state index in [1.165, 1.54) is 11.1 Å². The first-order valence-corrected chi connectivity index (χ1v) is 7.50. The molecule has 108 valence electrons. The molecule has 1 aliphatic rings. The number of methoxy groups -OCH3 is 1. The third-order valence-corrected chi connectivity index (χ3v) is 4.30. The zero-order chi connectivity index (χ0) is 14.8. The van der Waals surface area contributed by atoms with Crippen molar-refractivity contribution in [3.63, 3.8) is 0 Å². The van der Waals surface area contributed by atoms with Gasteiger partial charge in [0.15, 0.2) is 5.78 Å². The van der Waals surface area contributed by atoms with Gasteiger partial charge in [-0.3, -0.25) is 4.79 Å². The average Bonchev–Trinajstić information content (AvgIpc) is 3.35. The second-order valence-corrected chi connectivity index (χ2v) is 5.64. The number of ether oxygens (including phenoxy) is 1. The van der Waals surface area contributed by atoms with Crippen LogP contribution in [-0.2, 0) is 6.42 Å². The lowest BCUT2D eigenvalue weighted by molar-refractivity contribution is 0.0965. The van der Waals surface area contributed by atoms with E-state index in [1.807, 2.05) is 30.3 Å². The summed E-state index contributed by atoms with van der Waals surface area (Å²) in [4.78, 5) is 12.5. The van der Waals surface area contributed by atoms with E-state index in [4.69, 9.17) is 4.74 Å². The first-order valence-electron chi connectivity index (χ1n) is 7.50. The maximum atomic E-state index is 12.5. The number of carbonyl (C=O) groups excluding carboxylic acids is 1. The zero-order valence-electron chi connectivity index (χ0n) is 12.5. The molecule has 0 N–H and O–H groups in total. The van der Waals surface area contributed by atoms with Gasteiger partial charge in [-0.15, -0.1) is 0 Å². The molecule has 0 aromatic heterocycles. The Morgan fingerprint density at radius 1 is 1.19 bits per heavy atom. The molecule has 21 heavy (non-hydrogen) atoms. The number of hydrogen-bond donors (Lipinski definition) is 0. The quantitative estimate of drug-likeness (QED) is 0.766. The molecule has 0 radical (unpaired) electrons. The molecule has 0 amide bonds. The predicted octanol–water partition coefficient (Wildman–Crippen LogP) is 4.24. The maximum Gasteiger partial charge on any atom is 0.166 e. The van der Waals surface area contributed by atoms with Crippen LogP contribution in [0.25, 0.3) is 0 Å². The van der Waals surface area contributed by atoms with E-state index < -0.39 is 0 Å². The molecule has 0 saturated heterocycles. The number of ketones is 1. The first kappa shape index (κ1) is 13.9. The third kappa shape index (κ3) is 2.85. The summed E-state index contributed by atoms with van der Waals surface area (Å²) in [6, 6.07) is 16.1. The Morgan fingerprint density at radius 3 is 2.62 bits per heavy atom. The van der Waals surface area contributed by atoms with Crippen molar-refractivity contribution in [2.45, 2.75) is 25.7 Å². The molecule has 2 atom stereocenters. The highest BCUT2D eigenvalue weighted by Gasteiger charge is 2.44. The largest absolute Gasteiger partial charge is 0.497 e. The van der Waals surface area contributed by atoms with Crippen LogP contribution in [0.4, 0.5) is 0 Å². The van der Waals surface area contributed by atoms with E-state index in [1.54, 1.807) is 7.11 Å². The highest BCUT2D eigenvalue weighted by Crippen LogP contribution is 2.49. The number of aryl methyl sites for hydroxylation is 1. The van der Waals surface area contributed by atoms with Crippen LogP contribution in [0.2, 0.25) is 0 Å². The lowest BCUT2D eigenvalue weighted by atomic mass is 10.0. The van der Waals surface area contributed by atoms with Crippen LogP contribution in [0.1, 0.15) is 40.7 Å². The fraction of sp³-hybridized carbons (Fsp3) is 0.316. The molecule has 2 aromatic carbocycles. The van der Waals surface area contributed by atoms with Crippen molar-refractivity contribution < 1.29 is 9.53 Å². The monoisotopic (exact) mass is 280 g/mol. The van der Waals surface area contributed by atoms with Gasteiger partial charge in [0, 0.05) is 11.5 Å². The third-order valence-electron chi connectivity index (χ3n) is 4.30. The van der Waals surface area contributed by atoms with Gasteiger partial charge in [-0.1, -0.05) is 43.3 Å². The van der Waals surface area contributed by atoms with Crippen molar-refractivity contribution in [2.75, 3.05) is 7.11 Å². The topological polar surface area (TPSA) is 26.3 Å². The maximum absolute atomic E-state index is 12.5. The molecular weight excluding hydrogens is 260 g/mol. The van der Waals surface area contributed by atoms with Crippen LogP contribution in [0.15, 0.2) is 48.5 Å². The molecular formula is C19H20O2. The smallest absolute Gasteiger partial charge is 0.166 e. The van der Waals surface area contributed by atoms with Crippen molar-refractivity contribution in [3.05, 3.63) is 65.2 Å². The second kappa shape index (κ2) is 5.72. The number of benzene rings is 2. The average molecular weight is 280 g/mol. The molecule has 3 rings (SSSR count). The van der Waals surface area contributed by atoms with E-state index in [0.717, 1.165) is 24.2 Å². The zero-order valence-corrected chi connectivity index (χ0v) is 12.5. The van der Waals surface area contributed by atoms with Crippen LogP contribution in [0.3, 0.4) is 0 Å². The fourth-order valence-electron chi connectivity index (χ4n) is 2.84. The highest BCUT2D eigenvalue weighted by atomic mass is 16.5. The minimum atomic E-state index is 0.129. The molecule has 0 spiro atoms. The Balaban J connectivity index is 1.72. The standard InChI is InChI=1S/C19H20O2/c1-3-13-7-9-14(10-8-13)19(20)18-12-17(18)15-5-4-6-16(11-15)21-2/h4-11,17-18H,3,12H2,1-2H3. The summed E-state index contributed by atoms with van der Waals surface area (Å²) in [6.07, 6.45) is 1.95. The Kier molecular flexibility index (Phi) is 3.78. The molecule has 0 heterocycles. The van der Waals surface area contributed by atoms with Gasteiger partial charge in [0.1, 0.15) is 5.75 Å². The van der Waals surface area contributed by atoms with Gasteiger partial charge in [-0.25, -0.2) is 0 Å². The van der Waals surface area contributed by atoms with Gasteiger partial charge < -0.3 is 4.74 Å². The summed E-state index contributed by atoms with van der Waals surface area (Å²) < 4.78 is 5.25. The molecule has 2 aromatic rings. The van der Waals surface area contributed by atoms with Crippen LogP contribution in [-0.4, -0.2) is 12.9 Å². The minimum absolute atomic E-state index is 0.129. The molecule has 2 nitrogen and oxygen atoms in total. The van der Waals surface area contributed by atoms with Gasteiger partial charge >= 0.3 is 0 Å². The minimum Gasteiger partial charge on any atom is -0.497 e. The summed E-state index contributed by atoms with van der Waals surface area (Å²) in [6.45, 7) is 2.12. The van der Waals surface area contributed by atoms with Gasteiger partial charge in [-0.2, -0.15) is 0 Å². The van der Waals surface area contributed by atoms with Crippen molar-refractivity contribution in [1.82, 2.24) is 0 Å². The van der Waals surface area contributed by atoms with Crippen LogP contribution in [0.5, 0.6) is 5.75 Å². The van der Waals surface area contributed by atoms with E-state index in [2.05, 4.69) is 25.1 Å². The normalized spacial score (nSPS) is 20.1. The summed E-state index contributed by atoms with van der Waals surface area (Å²) in [5.74, 6) is 1.60. The number of carbonyl (C=O) groups is 1. The lowest BCUT2D eigenvalue weighted by Crippen LogP contribution is -2.03. The number of Topliss-reactive ketones (excluding diaryl/α,β-unsaturated/α-hetero) is 1. The number of rotatable bonds is 5. The summed E-state index contributed by atoms with van der Waals surface area (Å²) in [5, 5.41) is 0. The highest BCUT2D eigenvalue weighted by molar-refractivity contribution is 6.00. The van der Waals surface area contributed by atoms with E-state index >= 15 is 0 Å². The van der Waals surface area contributed by atoms with Crippen LogP contribution < -0.4 is 4.74 Å². The van der Waals surface area contributed by atoms with Crippen molar-refractivity contribution in [1.29, 1.82) is 0 Å². The van der Waals surface area contributed by atoms with E-state index in [9.17, 15) is 4.79 Å². The van der Waals surface area contributed by atoms with E-state index in [-0.39, 0.29) is 11.7 Å². The van der Waals surface area contributed by atoms with Gasteiger partial charge in [-0.05, 0) is 42.0 Å². The lowest BCUT2D eigenvalue weighted by Gasteiger charge is -2.04. The molecule has 1 saturated carbocycles. The van der Waals surface area contributed by atoms with Crippen LogP contribution in [0, 0.1) is 5.92 Å². The molecule has 2 unspecified atom stereocenters. The van der Waals surface area contributed by atoms with Crippen molar-refractivity contribution in [2.24, 2.45) is 5.92 Å². The molecule has 0 aliphatic heterocycles. The van der Waals surface area contributed by atoms with Gasteiger partial charge in [0.05, 0.1) is 7.11 Å². The van der Waals surface area contributed by atoms with Crippen LogP contribution >= 0.6 is 0 Å². The summed E-state index contributed by atoms with van der Waals surface area (Å²) in [5.41, 5.74) is 3.31. The van der Waals surface area contributed by atoms with E-state index in [0.29, 0.717) is 5.92 Å². The molecule has 0 bridgehead atoms. The molecule has 1 fully saturated rings. The molecule has 2 heteroatoms. The summed E-state index contributed by atoms with van der Waals surface area (Å²) >= 11 is 0. The SMILES string of the molecule is CCc1ccc(C(=O)C2CC2c2cccc(OC)c2)cc1. The predicted molar refractivity (Wildman–Crippen MR) is 84.0 cm³/mol. The Bertz CT molecular complexity index is 643. The Hall–Kier alpha value is -2.09. The van der Waals surface area contributed by atoms with Gasteiger partial charge in [0.2, 0.25) is 0 Å². The van der Waals surface area contributed by atoms with Crippen molar-refractivity contribution in [3.8, 4) is 5.75 Å².